The zero-order valence-electron chi connectivity index (χ0n) is 8.36. The zero-order chi connectivity index (χ0) is 9.42. The van der Waals surface area contributed by atoms with Crippen molar-refractivity contribution in [3.05, 3.63) is 0 Å². The van der Waals surface area contributed by atoms with Gasteiger partial charge in [0.25, 0.3) is 0 Å². The van der Waals surface area contributed by atoms with Crippen molar-refractivity contribution in [2.75, 3.05) is 7.05 Å². The fourth-order valence-corrected chi connectivity index (χ4v) is 2.89. The van der Waals surface area contributed by atoms with Crippen LogP contribution in [0.15, 0.2) is 0 Å². The lowest BCUT2D eigenvalue weighted by Gasteiger charge is -2.32. The molecular formula is C10H19NO2. The van der Waals surface area contributed by atoms with Crippen LogP contribution in [0.1, 0.15) is 26.2 Å². The first-order valence-electron chi connectivity index (χ1n) is 5.25. The molecule has 0 aromatic heterocycles. The average molecular weight is 185 g/mol. The van der Waals surface area contributed by atoms with E-state index in [0.29, 0.717) is 12.0 Å². The van der Waals surface area contributed by atoms with Gasteiger partial charge in [0, 0.05) is 12.0 Å². The highest BCUT2D eigenvalue weighted by atomic mass is 16.5. The van der Waals surface area contributed by atoms with E-state index in [1.807, 2.05) is 7.05 Å². The first kappa shape index (κ1) is 9.44. The molecule has 0 unspecified atom stereocenters. The molecule has 13 heavy (non-hydrogen) atoms. The van der Waals surface area contributed by atoms with E-state index in [1.54, 1.807) is 0 Å². The van der Waals surface area contributed by atoms with Crippen LogP contribution in [0.3, 0.4) is 0 Å². The number of aliphatic hydroxyl groups is 1. The van der Waals surface area contributed by atoms with E-state index < -0.39 is 0 Å². The maximum atomic E-state index is 9.88. The predicted octanol–water partition coefficient (Wildman–Crippen LogP) is 0.523. The molecule has 0 spiro atoms. The number of rotatable bonds is 1. The number of nitrogens with one attached hydrogen (secondary N) is 1. The topological polar surface area (TPSA) is 41.5 Å². The Hall–Kier alpha value is -0.120. The normalized spacial score (nSPS) is 50.5. The standard InChI is InChI=1S/C10H19NO2/c1-6-10(11-2)9-7(12)4-3-5-8(9)13-6/h6-12H,3-5H2,1-2H3/t6-,7+,8-,9+,10-/m0/s1. The number of hydrogen-bond donors (Lipinski definition) is 2. The molecule has 3 heteroatoms. The van der Waals surface area contributed by atoms with Crippen LogP contribution in [0.2, 0.25) is 0 Å². The molecule has 1 saturated heterocycles. The van der Waals surface area contributed by atoms with Gasteiger partial charge in [-0.2, -0.15) is 0 Å². The van der Waals surface area contributed by atoms with Crippen LogP contribution in [-0.4, -0.2) is 36.5 Å². The van der Waals surface area contributed by atoms with E-state index in [2.05, 4.69) is 12.2 Å². The molecule has 2 aliphatic rings. The molecule has 1 heterocycles. The van der Waals surface area contributed by atoms with Gasteiger partial charge in [0.15, 0.2) is 0 Å². The summed E-state index contributed by atoms with van der Waals surface area (Å²) < 4.78 is 5.82. The maximum Gasteiger partial charge on any atom is 0.0708 e. The first-order valence-corrected chi connectivity index (χ1v) is 5.25. The third-order valence-corrected chi connectivity index (χ3v) is 3.51. The summed E-state index contributed by atoms with van der Waals surface area (Å²) >= 11 is 0. The Bertz CT molecular complexity index is 186. The van der Waals surface area contributed by atoms with Crippen molar-refractivity contribution in [3.8, 4) is 0 Å². The van der Waals surface area contributed by atoms with E-state index in [1.165, 1.54) is 0 Å². The number of aliphatic hydroxyl groups excluding tert-OH is 1. The summed E-state index contributed by atoms with van der Waals surface area (Å²) in [5.74, 6) is 0.314. The molecule has 2 rings (SSSR count). The summed E-state index contributed by atoms with van der Waals surface area (Å²) in [7, 11) is 1.95. The molecule has 0 amide bonds. The van der Waals surface area contributed by atoms with Crippen LogP contribution >= 0.6 is 0 Å². The minimum Gasteiger partial charge on any atom is -0.393 e. The highest BCUT2D eigenvalue weighted by molar-refractivity contribution is 4.98. The molecule has 0 bridgehead atoms. The van der Waals surface area contributed by atoms with Crippen molar-refractivity contribution in [3.63, 3.8) is 0 Å². The Labute approximate surface area is 79.5 Å². The average Bonchev–Trinajstić information content (AvgIpc) is 2.42. The summed E-state index contributed by atoms with van der Waals surface area (Å²) in [6.07, 6.45) is 3.52. The molecule has 1 aliphatic heterocycles. The maximum absolute atomic E-state index is 9.88. The van der Waals surface area contributed by atoms with Crippen molar-refractivity contribution >= 4 is 0 Å². The molecule has 5 atom stereocenters. The van der Waals surface area contributed by atoms with Crippen LogP contribution in [-0.2, 0) is 4.74 Å². The van der Waals surface area contributed by atoms with Crippen molar-refractivity contribution < 1.29 is 9.84 Å². The van der Waals surface area contributed by atoms with Crippen LogP contribution in [0.25, 0.3) is 0 Å². The number of likely N-dealkylation sites (N-methyl/N-ethyl adjacent to an activating group) is 1. The largest absolute Gasteiger partial charge is 0.393 e. The molecule has 2 fully saturated rings. The van der Waals surface area contributed by atoms with E-state index in [0.717, 1.165) is 19.3 Å². The lowest BCUT2D eigenvalue weighted by molar-refractivity contribution is -0.0175. The van der Waals surface area contributed by atoms with Gasteiger partial charge in [0.05, 0.1) is 18.3 Å². The summed E-state index contributed by atoms with van der Waals surface area (Å²) in [6, 6.07) is 0.334. The summed E-state index contributed by atoms with van der Waals surface area (Å²) in [4.78, 5) is 0. The first-order chi connectivity index (χ1) is 6.24. The third-order valence-electron chi connectivity index (χ3n) is 3.51. The lowest BCUT2D eigenvalue weighted by Crippen LogP contribution is -2.45. The minimum atomic E-state index is -0.166. The van der Waals surface area contributed by atoms with Gasteiger partial charge in [-0.3, -0.25) is 0 Å². The van der Waals surface area contributed by atoms with Crippen molar-refractivity contribution in [2.45, 2.75) is 50.5 Å². The monoisotopic (exact) mass is 185 g/mol. The molecule has 0 radical (unpaired) electrons. The van der Waals surface area contributed by atoms with Gasteiger partial charge in [-0.05, 0) is 33.2 Å². The number of ether oxygens (including phenoxy) is 1. The third kappa shape index (κ3) is 1.49. The quantitative estimate of drug-likeness (QED) is 0.626. The highest BCUT2D eigenvalue weighted by Crippen LogP contribution is 2.37. The smallest absolute Gasteiger partial charge is 0.0708 e. The Morgan fingerprint density at radius 3 is 2.85 bits per heavy atom. The van der Waals surface area contributed by atoms with Gasteiger partial charge in [-0.1, -0.05) is 0 Å². The Morgan fingerprint density at radius 1 is 1.38 bits per heavy atom. The van der Waals surface area contributed by atoms with Gasteiger partial charge in [0.1, 0.15) is 0 Å². The second kappa shape index (κ2) is 3.56. The van der Waals surface area contributed by atoms with Crippen molar-refractivity contribution in [1.82, 2.24) is 5.32 Å². The van der Waals surface area contributed by atoms with Crippen LogP contribution in [0.4, 0.5) is 0 Å². The molecule has 0 aromatic rings. The SMILES string of the molecule is CN[C@@H]1[C@@H]2[C@H](O)CCC[C@@H]2O[C@H]1C. The van der Waals surface area contributed by atoms with Gasteiger partial charge in [-0.25, -0.2) is 0 Å². The molecular weight excluding hydrogens is 166 g/mol. The highest BCUT2D eigenvalue weighted by Gasteiger charge is 2.46. The second-order valence-corrected chi connectivity index (χ2v) is 4.27. The lowest BCUT2D eigenvalue weighted by atomic mass is 9.80. The van der Waals surface area contributed by atoms with Gasteiger partial charge >= 0.3 is 0 Å². The molecule has 2 N–H and O–H groups in total. The van der Waals surface area contributed by atoms with Crippen LogP contribution in [0.5, 0.6) is 0 Å². The fourth-order valence-electron chi connectivity index (χ4n) is 2.89. The summed E-state index contributed by atoms with van der Waals surface area (Å²) in [5, 5.41) is 13.1. The van der Waals surface area contributed by atoms with Gasteiger partial charge < -0.3 is 15.2 Å². The minimum absolute atomic E-state index is 0.166. The second-order valence-electron chi connectivity index (χ2n) is 4.27. The molecule has 1 aliphatic carbocycles. The fraction of sp³-hybridized carbons (Fsp3) is 1.00. The Kier molecular flexibility index (Phi) is 2.58. The van der Waals surface area contributed by atoms with Gasteiger partial charge in [0.2, 0.25) is 0 Å². The van der Waals surface area contributed by atoms with Crippen molar-refractivity contribution in [2.24, 2.45) is 5.92 Å². The van der Waals surface area contributed by atoms with E-state index >= 15 is 0 Å². The van der Waals surface area contributed by atoms with Crippen molar-refractivity contribution in [1.29, 1.82) is 0 Å². The zero-order valence-corrected chi connectivity index (χ0v) is 8.36. The molecule has 3 nitrogen and oxygen atoms in total. The Morgan fingerprint density at radius 2 is 2.15 bits per heavy atom. The molecule has 0 aromatic carbocycles. The van der Waals surface area contributed by atoms with E-state index in [9.17, 15) is 5.11 Å². The number of fused-ring (bicyclic) bond motifs is 1. The molecule has 1 saturated carbocycles. The summed E-state index contributed by atoms with van der Waals surface area (Å²) in [6.45, 7) is 2.09. The van der Waals surface area contributed by atoms with Crippen LogP contribution < -0.4 is 5.32 Å². The Balaban J connectivity index is 2.12. The molecule has 76 valence electrons. The van der Waals surface area contributed by atoms with E-state index in [4.69, 9.17) is 4.74 Å². The van der Waals surface area contributed by atoms with E-state index in [-0.39, 0.29) is 18.3 Å². The number of hydrogen-bond acceptors (Lipinski definition) is 3. The van der Waals surface area contributed by atoms with Crippen LogP contribution in [0, 0.1) is 5.92 Å². The summed E-state index contributed by atoms with van der Waals surface area (Å²) in [5.41, 5.74) is 0. The van der Waals surface area contributed by atoms with Gasteiger partial charge in [-0.15, -0.1) is 0 Å². The predicted molar refractivity (Wildman–Crippen MR) is 50.5 cm³/mol.